The van der Waals surface area contributed by atoms with Gasteiger partial charge in [-0.25, -0.2) is 9.78 Å². The van der Waals surface area contributed by atoms with Gasteiger partial charge in [0.05, 0.1) is 0 Å². The molecular weight excluding hydrogens is 297 g/mol. The molecule has 5 nitrogen and oxygen atoms in total. The van der Waals surface area contributed by atoms with Crippen molar-refractivity contribution in [2.24, 2.45) is 0 Å². The van der Waals surface area contributed by atoms with Crippen LogP contribution in [-0.2, 0) is 4.74 Å². The van der Waals surface area contributed by atoms with Crippen molar-refractivity contribution in [2.75, 3.05) is 44.4 Å². The van der Waals surface area contributed by atoms with E-state index < -0.39 is 5.60 Å². The van der Waals surface area contributed by atoms with Crippen LogP contribution in [0, 0.1) is 0 Å². The van der Waals surface area contributed by atoms with E-state index >= 15 is 0 Å². The third-order valence-electron chi connectivity index (χ3n) is 3.50. The molecule has 0 saturated carbocycles. The van der Waals surface area contributed by atoms with Crippen LogP contribution in [0.4, 0.5) is 10.6 Å². The molecule has 0 spiro atoms. The third kappa shape index (κ3) is 4.57. The van der Waals surface area contributed by atoms with Crippen LogP contribution in [0.5, 0.6) is 0 Å². The van der Waals surface area contributed by atoms with Crippen LogP contribution in [0.15, 0.2) is 18.3 Å². The fourth-order valence-corrected chi connectivity index (χ4v) is 2.94. The quantitative estimate of drug-likeness (QED) is 0.785. The molecule has 2 heterocycles. The van der Waals surface area contributed by atoms with Gasteiger partial charge in [0.15, 0.2) is 0 Å². The molecule has 2 rings (SSSR count). The molecule has 1 aromatic rings. The van der Waals surface area contributed by atoms with Gasteiger partial charge in [0.25, 0.3) is 0 Å². The molecular formula is C16H26N3O2P. The molecule has 122 valence electrons. The average molecular weight is 323 g/mol. The Kier molecular flexibility index (Phi) is 5.28. The van der Waals surface area contributed by atoms with Crippen molar-refractivity contribution in [2.45, 2.75) is 26.4 Å². The Morgan fingerprint density at radius 2 is 1.82 bits per heavy atom. The van der Waals surface area contributed by atoms with Crippen molar-refractivity contribution in [3.05, 3.63) is 18.3 Å². The van der Waals surface area contributed by atoms with Crippen molar-refractivity contribution in [1.29, 1.82) is 0 Å². The van der Waals surface area contributed by atoms with E-state index in [9.17, 15) is 4.79 Å². The average Bonchev–Trinajstić information content (AvgIpc) is 2.46. The Bertz CT molecular complexity index is 503. The van der Waals surface area contributed by atoms with E-state index in [-0.39, 0.29) is 14.0 Å². The second-order valence-electron chi connectivity index (χ2n) is 6.72. The number of rotatable bonds is 2. The Hall–Kier alpha value is -1.35. The molecule has 0 radical (unpaired) electrons. The molecule has 1 aliphatic rings. The van der Waals surface area contributed by atoms with Crippen molar-refractivity contribution in [1.82, 2.24) is 9.88 Å². The molecule has 0 N–H and O–H groups in total. The monoisotopic (exact) mass is 323 g/mol. The molecule has 1 aromatic heterocycles. The van der Waals surface area contributed by atoms with Gasteiger partial charge < -0.3 is 14.5 Å². The Morgan fingerprint density at radius 1 is 1.18 bits per heavy atom. The molecule has 0 aliphatic carbocycles. The molecule has 1 amide bonds. The summed E-state index contributed by atoms with van der Waals surface area (Å²) >= 11 is 0. The topological polar surface area (TPSA) is 45.7 Å². The van der Waals surface area contributed by atoms with E-state index in [1.165, 1.54) is 5.30 Å². The van der Waals surface area contributed by atoms with Crippen molar-refractivity contribution in [3.63, 3.8) is 0 Å². The molecule has 1 saturated heterocycles. The molecule has 1 fully saturated rings. The lowest BCUT2D eigenvalue weighted by Gasteiger charge is -2.36. The summed E-state index contributed by atoms with van der Waals surface area (Å²) in [5.41, 5.74) is -0.440. The second-order valence-corrected chi connectivity index (χ2v) is 9.03. The van der Waals surface area contributed by atoms with E-state index in [1.807, 2.05) is 27.0 Å². The SMILES string of the molecule is CP(C)c1ccc(N2CCN(C(=O)OC(C)(C)C)CC2)nc1. The Labute approximate surface area is 134 Å². The van der Waals surface area contributed by atoms with Gasteiger partial charge in [0.2, 0.25) is 0 Å². The molecule has 0 aromatic carbocycles. The van der Waals surface area contributed by atoms with Crippen molar-refractivity contribution in [3.8, 4) is 0 Å². The van der Waals surface area contributed by atoms with Gasteiger partial charge in [0, 0.05) is 32.4 Å². The highest BCUT2D eigenvalue weighted by Crippen LogP contribution is 2.24. The number of pyridine rings is 1. The van der Waals surface area contributed by atoms with Crippen LogP contribution in [0.1, 0.15) is 20.8 Å². The van der Waals surface area contributed by atoms with E-state index in [0.29, 0.717) is 13.1 Å². The molecule has 0 atom stereocenters. The minimum atomic E-state index is -0.440. The number of amides is 1. The summed E-state index contributed by atoms with van der Waals surface area (Å²) in [5.74, 6) is 0.990. The van der Waals surface area contributed by atoms with Crippen LogP contribution in [0.3, 0.4) is 0 Å². The zero-order chi connectivity index (χ0) is 16.3. The summed E-state index contributed by atoms with van der Waals surface area (Å²) in [6.07, 6.45) is 1.75. The van der Waals surface area contributed by atoms with Crippen molar-refractivity contribution >= 4 is 25.1 Å². The summed E-state index contributed by atoms with van der Waals surface area (Å²) in [4.78, 5) is 20.6. The summed E-state index contributed by atoms with van der Waals surface area (Å²) in [7, 11) is -0.105. The highest BCUT2D eigenvalue weighted by Gasteiger charge is 2.26. The number of hydrogen-bond acceptors (Lipinski definition) is 4. The van der Waals surface area contributed by atoms with Crippen LogP contribution >= 0.6 is 7.92 Å². The fourth-order valence-electron chi connectivity index (χ4n) is 2.27. The smallest absolute Gasteiger partial charge is 0.410 e. The van der Waals surface area contributed by atoms with Crippen LogP contribution < -0.4 is 10.2 Å². The maximum absolute atomic E-state index is 12.0. The maximum atomic E-state index is 12.0. The number of anilines is 1. The van der Waals surface area contributed by atoms with Gasteiger partial charge in [-0.15, -0.1) is 0 Å². The third-order valence-corrected chi connectivity index (χ3v) is 4.80. The largest absolute Gasteiger partial charge is 0.444 e. The van der Waals surface area contributed by atoms with Crippen molar-refractivity contribution < 1.29 is 9.53 Å². The molecule has 0 unspecified atom stereocenters. The molecule has 22 heavy (non-hydrogen) atoms. The first-order chi connectivity index (χ1) is 10.3. The van der Waals surface area contributed by atoms with Gasteiger partial charge >= 0.3 is 6.09 Å². The highest BCUT2D eigenvalue weighted by atomic mass is 31.1. The predicted octanol–water partition coefficient (Wildman–Crippen LogP) is 2.51. The highest BCUT2D eigenvalue weighted by molar-refractivity contribution is 7.64. The van der Waals surface area contributed by atoms with Crippen LogP contribution in [0.2, 0.25) is 0 Å². The number of hydrogen-bond donors (Lipinski definition) is 0. The van der Waals surface area contributed by atoms with Gasteiger partial charge in [-0.05, 0) is 51.5 Å². The van der Waals surface area contributed by atoms with E-state index in [4.69, 9.17) is 4.74 Å². The first-order valence-electron chi connectivity index (χ1n) is 7.62. The van der Waals surface area contributed by atoms with Gasteiger partial charge in [-0.3, -0.25) is 0 Å². The second kappa shape index (κ2) is 6.82. The summed E-state index contributed by atoms with van der Waals surface area (Å²) in [6.45, 7) is 13.1. The van der Waals surface area contributed by atoms with Gasteiger partial charge in [-0.1, -0.05) is 7.92 Å². The maximum Gasteiger partial charge on any atom is 0.410 e. The predicted molar refractivity (Wildman–Crippen MR) is 92.7 cm³/mol. The lowest BCUT2D eigenvalue weighted by molar-refractivity contribution is 0.0240. The zero-order valence-electron chi connectivity index (χ0n) is 14.2. The molecule has 1 aliphatic heterocycles. The summed E-state index contributed by atoms with van der Waals surface area (Å²) in [5, 5.41) is 1.31. The molecule has 6 heteroatoms. The zero-order valence-corrected chi connectivity index (χ0v) is 15.1. The van der Waals surface area contributed by atoms with Gasteiger partial charge in [-0.2, -0.15) is 0 Å². The standard InChI is InChI=1S/C16H26N3O2P/c1-16(2,3)21-15(20)19-10-8-18(9-11-19)14-7-6-13(12-17-14)22(4)5/h6-7,12H,8-11H2,1-5H3. The van der Waals surface area contributed by atoms with E-state index in [0.717, 1.165) is 18.9 Å². The van der Waals surface area contributed by atoms with E-state index in [1.54, 1.807) is 4.90 Å². The van der Waals surface area contributed by atoms with Gasteiger partial charge in [0.1, 0.15) is 11.4 Å². The number of ether oxygens (including phenoxy) is 1. The number of piperazine rings is 1. The van der Waals surface area contributed by atoms with Crippen LogP contribution in [-0.4, -0.2) is 61.1 Å². The summed E-state index contributed by atoms with van der Waals surface area (Å²) < 4.78 is 5.42. The minimum absolute atomic E-state index is 0.105. The minimum Gasteiger partial charge on any atom is -0.444 e. The lowest BCUT2D eigenvalue weighted by Crippen LogP contribution is -2.50. The van der Waals surface area contributed by atoms with E-state index in [2.05, 4.69) is 35.3 Å². The number of carbonyl (C=O) groups excluding carboxylic acids is 1. The number of aromatic nitrogens is 1. The number of nitrogens with zero attached hydrogens (tertiary/aromatic N) is 3. The normalized spacial score (nSPS) is 16.1. The Balaban J connectivity index is 1.90. The fraction of sp³-hybridized carbons (Fsp3) is 0.625. The Morgan fingerprint density at radius 3 is 2.27 bits per heavy atom. The first-order valence-corrected chi connectivity index (χ1v) is 9.86. The molecule has 0 bridgehead atoms. The van der Waals surface area contributed by atoms with Crippen LogP contribution in [0.25, 0.3) is 0 Å². The number of carbonyl (C=O) groups is 1. The lowest BCUT2D eigenvalue weighted by atomic mass is 10.2. The summed E-state index contributed by atoms with van der Waals surface area (Å²) in [6, 6.07) is 4.25. The first kappa shape index (κ1) is 17.0.